The van der Waals surface area contributed by atoms with Gasteiger partial charge in [0.25, 0.3) is 0 Å². The van der Waals surface area contributed by atoms with Gasteiger partial charge in [-0.3, -0.25) is 0 Å². The Morgan fingerprint density at radius 2 is 1.02 bits per heavy atom. The molecule has 1 unspecified atom stereocenters. The SMILES string of the molecule is C/C=c1/oc2ccc3ccccc3c2/c1=C/C(C)c1c2ccccc2c(-c2c(O)c(O)c(O)c3c(O)c(O)c(O)c(O)c23)c2ccccc12. The molecular weight excluding hydrogens is 620 g/mol. The van der Waals surface area contributed by atoms with Crippen LogP contribution in [0.5, 0.6) is 40.2 Å². The van der Waals surface area contributed by atoms with Crippen molar-refractivity contribution in [3.05, 3.63) is 101 Å². The van der Waals surface area contributed by atoms with Crippen LogP contribution in [-0.4, -0.2) is 35.7 Å². The number of phenols is 7. The van der Waals surface area contributed by atoms with Crippen molar-refractivity contribution >= 4 is 66.2 Å². The lowest BCUT2D eigenvalue weighted by Gasteiger charge is -2.22. The molecule has 7 aromatic carbocycles. The Labute approximate surface area is 278 Å². The van der Waals surface area contributed by atoms with E-state index in [1.807, 2.05) is 85.8 Å². The van der Waals surface area contributed by atoms with Crippen molar-refractivity contribution in [1.82, 2.24) is 0 Å². The van der Waals surface area contributed by atoms with Crippen LogP contribution in [0.15, 0.2) is 89.3 Å². The van der Waals surface area contributed by atoms with Crippen LogP contribution in [0.4, 0.5) is 0 Å². The van der Waals surface area contributed by atoms with Gasteiger partial charge in [0.1, 0.15) is 11.0 Å². The van der Waals surface area contributed by atoms with E-state index in [4.69, 9.17) is 4.42 Å². The third-order valence-electron chi connectivity index (χ3n) is 9.57. The van der Waals surface area contributed by atoms with Crippen LogP contribution >= 0.6 is 0 Å². The first-order valence-electron chi connectivity index (χ1n) is 15.7. The van der Waals surface area contributed by atoms with Crippen LogP contribution in [0.1, 0.15) is 25.3 Å². The van der Waals surface area contributed by atoms with Gasteiger partial charge in [0.15, 0.2) is 23.0 Å². The van der Waals surface area contributed by atoms with Crippen molar-refractivity contribution in [2.24, 2.45) is 0 Å². The van der Waals surface area contributed by atoms with Crippen molar-refractivity contribution in [3.63, 3.8) is 0 Å². The molecule has 1 heterocycles. The monoisotopic (exact) mass is 650 g/mol. The maximum atomic E-state index is 11.5. The van der Waals surface area contributed by atoms with Crippen molar-refractivity contribution in [2.45, 2.75) is 19.8 Å². The molecule has 0 bridgehead atoms. The molecule has 0 fully saturated rings. The second-order valence-corrected chi connectivity index (χ2v) is 12.2. The zero-order valence-corrected chi connectivity index (χ0v) is 26.4. The van der Waals surface area contributed by atoms with Crippen LogP contribution in [0, 0.1) is 0 Å². The van der Waals surface area contributed by atoms with Crippen molar-refractivity contribution in [2.75, 3.05) is 0 Å². The van der Waals surface area contributed by atoms with E-state index in [9.17, 15) is 35.7 Å². The number of hydrogen-bond acceptors (Lipinski definition) is 8. The van der Waals surface area contributed by atoms with E-state index in [-0.39, 0.29) is 16.9 Å². The van der Waals surface area contributed by atoms with Crippen molar-refractivity contribution in [3.8, 4) is 51.4 Å². The minimum atomic E-state index is -1.09. The van der Waals surface area contributed by atoms with E-state index < -0.39 is 45.6 Å². The van der Waals surface area contributed by atoms with Crippen molar-refractivity contribution in [1.29, 1.82) is 0 Å². The van der Waals surface area contributed by atoms with Gasteiger partial charge in [-0.1, -0.05) is 91.9 Å². The maximum absolute atomic E-state index is 11.5. The predicted octanol–water partition coefficient (Wildman–Crippen LogP) is 8.04. The van der Waals surface area contributed by atoms with Gasteiger partial charge in [-0.25, -0.2) is 0 Å². The average Bonchev–Trinajstić information content (AvgIpc) is 3.48. The van der Waals surface area contributed by atoms with Crippen LogP contribution in [0.3, 0.4) is 0 Å². The maximum Gasteiger partial charge on any atom is 0.205 e. The van der Waals surface area contributed by atoms with Crippen LogP contribution < -0.4 is 10.6 Å². The largest absolute Gasteiger partial charge is 0.504 e. The third kappa shape index (κ3) is 4.10. The lowest BCUT2D eigenvalue weighted by atomic mass is 9.82. The van der Waals surface area contributed by atoms with Gasteiger partial charge in [0, 0.05) is 33.0 Å². The first-order valence-corrected chi connectivity index (χ1v) is 15.7. The number of furan rings is 1. The summed E-state index contributed by atoms with van der Waals surface area (Å²) in [5.74, 6) is -6.93. The van der Waals surface area contributed by atoms with Crippen LogP contribution in [-0.2, 0) is 0 Å². The number of fused-ring (bicyclic) bond motifs is 6. The molecule has 0 saturated carbocycles. The summed E-state index contributed by atoms with van der Waals surface area (Å²) in [6, 6.07) is 27.2. The Bertz CT molecular complexity index is 2760. The minimum Gasteiger partial charge on any atom is -0.504 e. The van der Waals surface area contributed by atoms with Crippen LogP contribution in [0.2, 0.25) is 0 Å². The Morgan fingerprint density at radius 1 is 0.510 bits per heavy atom. The van der Waals surface area contributed by atoms with Gasteiger partial charge >= 0.3 is 0 Å². The second kappa shape index (κ2) is 10.7. The molecular formula is C41H30O8. The fraction of sp³-hybridized carbons (Fsp3) is 0.0732. The summed E-state index contributed by atoms with van der Waals surface area (Å²) < 4.78 is 6.32. The molecule has 8 rings (SSSR count). The second-order valence-electron chi connectivity index (χ2n) is 12.2. The lowest BCUT2D eigenvalue weighted by Crippen LogP contribution is -2.21. The Kier molecular flexibility index (Phi) is 6.55. The highest BCUT2D eigenvalue weighted by Crippen LogP contribution is 2.60. The molecule has 49 heavy (non-hydrogen) atoms. The summed E-state index contributed by atoms with van der Waals surface area (Å²) in [4.78, 5) is 0. The zero-order valence-electron chi connectivity index (χ0n) is 26.4. The van der Waals surface area contributed by atoms with E-state index >= 15 is 0 Å². The molecule has 0 amide bonds. The third-order valence-corrected chi connectivity index (χ3v) is 9.57. The molecule has 0 saturated heterocycles. The fourth-order valence-electron chi connectivity index (χ4n) is 7.43. The summed E-state index contributed by atoms with van der Waals surface area (Å²) >= 11 is 0. The van der Waals surface area contributed by atoms with Gasteiger partial charge in [0.2, 0.25) is 17.2 Å². The first-order chi connectivity index (χ1) is 23.6. The summed E-state index contributed by atoms with van der Waals surface area (Å²) in [6.45, 7) is 4.04. The minimum absolute atomic E-state index is 0.154. The van der Waals surface area contributed by atoms with Crippen LogP contribution in [0.25, 0.3) is 77.3 Å². The molecule has 8 aromatic rings. The summed E-state index contributed by atoms with van der Waals surface area (Å²) in [5.41, 5.74) is 2.70. The number of aromatic hydroxyl groups is 7. The van der Waals surface area contributed by atoms with Gasteiger partial charge in [-0.15, -0.1) is 0 Å². The highest BCUT2D eigenvalue weighted by Gasteiger charge is 2.31. The Hall–Kier alpha value is -6.54. The topological polar surface area (TPSA) is 155 Å². The quantitative estimate of drug-likeness (QED) is 0.0576. The van der Waals surface area contributed by atoms with E-state index in [2.05, 4.69) is 25.1 Å². The molecule has 0 spiro atoms. The summed E-state index contributed by atoms with van der Waals surface area (Å²) in [5, 5.41) is 82.0. The van der Waals surface area contributed by atoms with Gasteiger partial charge < -0.3 is 40.2 Å². The summed E-state index contributed by atoms with van der Waals surface area (Å²) in [6.07, 6.45) is 4.14. The average molecular weight is 651 g/mol. The van der Waals surface area contributed by atoms with E-state index in [0.717, 1.165) is 48.7 Å². The summed E-state index contributed by atoms with van der Waals surface area (Å²) in [7, 11) is 0. The highest BCUT2D eigenvalue weighted by atomic mass is 16.4. The van der Waals surface area contributed by atoms with Gasteiger partial charge in [0.05, 0.1) is 5.39 Å². The highest BCUT2D eigenvalue weighted by molar-refractivity contribution is 6.23. The number of phenolic OH excluding ortho intramolecular Hbond substituents is 7. The molecule has 7 N–H and O–H groups in total. The van der Waals surface area contributed by atoms with E-state index in [1.54, 1.807) is 0 Å². The molecule has 1 aromatic heterocycles. The standard InChI is InChI=1S/C41H30O8/c1-3-27-26(30-21-11-5-4-10-20(21)16-17-28(30)49-27)18-19(2)29-22-12-6-8-14-24(22)31(25-15-9-7-13-23(25)29)32-33-34(37(44)39(46)35(32)42)38(45)41(48)40(47)36(33)43/h3-19,42-48H,1-2H3/b26-18+,27-3+. The molecule has 1 atom stereocenters. The molecule has 8 nitrogen and oxygen atoms in total. The molecule has 8 heteroatoms. The molecule has 0 radical (unpaired) electrons. The number of benzene rings is 7. The van der Waals surface area contributed by atoms with Crippen molar-refractivity contribution < 1.29 is 40.2 Å². The van der Waals surface area contributed by atoms with E-state index in [1.165, 1.54) is 0 Å². The Morgan fingerprint density at radius 3 is 1.61 bits per heavy atom. The molecule has 0 aliphatic carbocycles. The van der Waals surface area contributed by atoms with Gasteiger partial charge in [-0.2, -0.15) is 0 Å². The molecule has 0 aliphatic rings. The number of hydrogen-bond donors (Lipinski definition) is 7. The predicted molar refractivity (Wildman–Crippen MR) is 192 cm³/mol. The van der Waals surface area contributed by atoms with E-state index in [0.29, 0.717) is 16.3 Å². The zero-order chi connectivity index (χ0) is 34.3. The van der Waals surface area contributed by atoms with Gasteiger partial charge in [-0.05, 0) is 56.9 Å². The lowest BCUT2D eigenvalue weighted by molar-refractivity contribution is 0.347. The first kappa shape index (κ1) is 29.8. The normalized spacial score (nSPS) is 13.4. The number of rotatable bonds is 3. The molecule has 0 aliphatic heterocycles. The Balaban J connectivity index is 1.52. The fourth-order valence-corrected chi connectivity index (χ4v) is 7.43. The smallest absolute Gasteiger partial charge is 0.205 e. The molecule has 242 valence electrons.